The second-order valence-corrected chi connectivity index (χ2v) is 4.36. The van der Waals surface area contributed by atoms with Crippen LogP contribution in [0.2, 0.25) is 0 Å². The summed E-state index contributed by atoms with van der Waals surface area (Å²) in [5.41, 5.74) is -2.28. The molecule has 1 rings (SSSR count). The van der Waals surface area contributed by atoms with E-state index in [1.165, 1.54) is 5.32 Å². The lowest BCUT2D eigenvalue weighted by atomic mass is 10.2. The smallest absolute Gasteiger partial charge is 0.417 e. The van der Waals surface area contributed by atoms with Crippen LogP contribution in [0, 0.1) is 10.4 Å². The number of nitrogens with one attached hydrogen (secondary N) is 2. The highest BCUT2D eigenvalue weighted by molar-refractivity contribution is 5.93. The van der Waals surface area contributed by atoms with Gasteiger partial charge in [-0.3, -0.25) is 10.4 Å². The lowest BCUT2D eigenvalue weighted by Gasteiger charge is -2.38. The Morgan fingerprint density at radius 2 is 1.60 bits per heavy atom. The molecule has 0 unspecified atom stereocenters. The summed E-state index contributed by atoms with van der Waals surface area (Å²) in [6.45, 7) is 0. The molecule has 1 aromatic rings. The predicted molar refractivity (Wildman–Crippen MR) is 69.8 cm³/mol. The Labute approximate surface area is 134 Å². The van der Waals surface area contributed by atoms with Crippen molar-refractivity contribution in [1.82, 2.24) is 5.32 Å². The second kappa shape index (κ2) is 7.18. The number of amides is 2. The highest BCUT2D eigenvalue weighted by Gasteiger charge is 2.57. The average molecular weight is 378 g/mol. The van der Waals surface area contributed by atoms with Crippen LogP contribution in [-0.4, -0.2) is 34.8 Å². The predicted octanol–water partition coefficient (Wildman–Crippen LogP) is 2.69. The van der Waals surface area contributed by atoms with Crippen molar-refractivity contribution in [2.75, 3.05) is 15.8 Å². The number of alkyl halides is 6. The normalized spacial score (nSPS) is 12.1. The molecule has 142 valence electrons. The van der Waals surface area contributed by atoms with E-state index < -0.39 is 51.9 Å². The van der Waals surface area contributed by atoms with E-state index in [9.17, 15) is 41.6 Å². The van der Waals surface area contributed by atoms with Crippen LogP contribution in [0.1, 0.15) is 0 Å². The molecule has 0 fully saturated rings. The molecule has 0 aliphatic rings. The molecular formula is C10H8F6N4O5-2. The van der Waals surface area contributed by atoms with E-state index in [4.69, 9.17) is 10.4 Å². The lowest BCUT2D eigenvalue weighted by molar-refractivity contribution is -0.255. The van der Waals surface area contributed by atoms with Gasteiger partial charge in [0.05, 0.1) is 5.69 Å². The van der Waals surface area contributed by atoms with E-state index in [1.54, 1.807) is 0 Å². The molecule has 0 atom stereocenters. The minimum Gasteiger partial charge on any atom is -0.769 e. The Kier molecular flexibility index (Phi) is 5.90. The van der Waals surface area contributed by atoms with Crippen LogP contribution in [-0.2, 0) is 0 Å². The Balaban J connectivity index is 3.03. The number of anilines is 3. The van der Waals surface area contributed by atoms with E-state index in [0.717, 1.165) is 0 Å². The van der Waals surface area contributed by atoms with Gasteiger partial charge in [-0.05, 0) is 18.2 Å². The summed E-state index contributed by atoms with van der Waals surface area (Å²) in [4.78, 5) is 11.4. The van der Waals surface area contributed by atoms with Gasteiger partial charge in [0.1, 0.15) is 5.69 Å². The van der Waals surface area contributed by atoms with Crippen molar-refractivity contribution in [3.8, 4) is 0 Å². The minimum atomic E-state index is -5.84. The molecule has 0 heterocycles. The summed E-state index contributed by atoms with van der Waals surface area (Å²) < 4.78 is 74.0. The monoisotopic (exact) mass is 378 g/mol. The van der Waals surface area contributed by atoms with Gasteiger partial charge in [-0.2, -0.15) is 26.3 Å². The Hall–Kier alpha value is -2.49. The topological polar surface area (TPSA) is 134 Å². The number of hydrogen-bond donors (Lipinski definition) is 4. The second-order valence-electron chi connectivity index (χ2n) is 4.36. The van der Waals surface area contributed by atoms with Gasteiger partial charge in [0.15, 0.2) is 0 Å². The molecule has 0 spiro atoms. The van der Waals surface area contributed by atoms with Gasteiger partial charge < -0.3 is 26.3 Å². The van der Waals surface area contributed by atoms with Crippen LogP contribution in [0.25, 0.3) is 0 Å². The molecule has 0 saturated heterocycles. The molecule has 4 N–H and O–H groups in total. The van der Waals surface area contributed by atoms with E-state index in [-0.39, 0.29) is 0 Å². The van der Waals surface area contributed by atoms with Crippen LogP contribution < -0.4 is 21.1 Å². The number of hydrogen-bond acceptors (Lipinski definition) is 7. The minimum absolute atomic E-state index is 0.501. The highest BCUT2D eigenvalue weighted by atomic mass is 19.4. The third-order valence-corrected chi connectivity index (χ3v) is 2.59. The van der Waals surface area contributed by atoms with Crippen LogP contribution in [0.4, 0.5) is 48.2 Å². The van der Waals surface area contributed by atoms with Crippen molar-refractivity contribution >= 4 is 23.1 Å². The van der Waals surface area contributed by atoms with Gasteiger partial charge in [0.25, 0.3) is 0 Å². The van der Waals surface area contributed by atoms with Gasteiger partial charge in [-0.25, -0.2) is 4.79 Å². The first kappa shape index (κ1) is 20.6. The third-order valence-electron chi connectivity index (χ3n) is 2.59. The van der Waals surface area contributed by atoms with Crippen molar-refractivity contribution in [3.05, 3.63) is 28.6 Å². The molecule has 2 amide bonds. The zero-order chi connectivity index (χ0) is 19.6. The zero-order valence-corrected chi connectivity index (χ0v) is 11.6. The Bertz CT molecular complexity index is 607. The van der Waals surface area contributed by atoms with E-state index >= 15 is 0 Å². The van der Waals surface area contributed by atoms with E-state index in [1.807, 2.05) is 0 Å². The van der Waals surface area contributed by atoms with Gasteiger partial charge in [0.2, 0.25) is 6.04 Å². The average Bonchev–Trinajstić information content (AvgIpc) is 2.42. The molecule has 0 saturated carbocycles. The first-order valence-corrected chi connectivity index (χ1v) is 5.90. The van der Waals surface area contributed by atoms with Gasteiger partial charge in [-0.15, -0.1) is 5.23 Å². The fourth-order valence-electron chi connectivity index (χ4n) is 1.54. The quantitative estimate of drug-likeness (QED) is 0.467. The number of nitrogens with zero attached hydrogens (tertiary/aromatic N) is 2. The number of benzene rings is 1. The number of halogens is 6. The number of carbonyl (C=O) groups is 1. The summed E-state index contributed by atoms with van der Waals surface area (Å²) in [5.74, 6) is 0. The molecule has 0 aliphatic carbocycles. The van der Waals surface area contributed by atoms with Crippen LogP contribution >= 0.6 is 0 Å². The van der Waals surface area contributed by atoms with Crippen molar-refractivity contribution in [2.45, 2.75) is 18.4 Å². The van der Waals surface area contributed by atoms with Crippen molar-refractivity contribution < 1.29 is 41.6 Å². The lowest BCUT2D eigenvalue weighted by Crippen LogP contribution is -2.55. The molecule has 15 heteroatoms. The zero-order valence-electron chi connectivity index (χ0n) is 11.6. The number of urea groups is 1. The first-order valence-electron chi connectivity index (χ1n) is 5.90. The van der Waals surface area contributed by atoms with Crippen LogP contribution in [0.5, 0.6) is 0 Å². The van der Waals surface area contributed by atoms with E-state index in [2.05, 4.69) is 0 Å². The molecule has 0 radical (unpaired) electrons. The molecule has 0 bridgehead atoms. The van der Waals surface area contributed by atoms with Gasteiger partial charge >= 0.3 is 18.4 Å². The largest absolute Gasteiger partial charge is 0.769 e. The fourth-order valence-corrected chi connectivity index (χ4v) is 1.54. The molecule has 0 aromatic heterocycles. The molecular weight excluding hydrogens is 370 g/mol. The van der Waals surface area contributed by atoms with Crippen LogP contribution in [0.3, 0.4) is 0 Å². The third kappa shape index (κ3) is 5.52. The van der Waals surface area contributed by atoms with E-state index in [0.29, 0.717) is 23.5 Å². The molecule has 0 aliphatic heterocycles. The standard InChI is InChI=1S/C10H8F6N4O5/c11-9(12,13)7(10(14,15)16)18-8(21)17-5-2-1-4(19(22)23)3-6(5)20(24)25/h1-3,7,24-25H,(H2,17,18,21)/q-2. The Morgan fingerprint density at radius 3 is 2.00 bits per heavy atom. The van der Waals surface area contributed by atoms with Gasteiger partial charge in [-0.1, -0.05) is 0 Å². The van der Waals surface area contributed by atoms with Crippen LogP contribution in [0.15, 0.2) is 18.2 Å². The summed E-state index contributed by atoms with van der Waals surface area (Å²) in [6, 6.07) is -4.28. The SMILES string of the molecule is O=C(Nc1ccc(N([O-])[O-])cc1N(O)O)NC(C(F)(F)F)C(F)(F)F. The molecule has 1 aromatic carbocycles. The molecule has 9 nitrogen and oxygen atoms in total. The summed E-state index contributed by atoms with van der Waals surface area (Å²) >= 11 is 0. The summed E-state index contributed by atoms with van der Waals surface area (Å²) in [6.07, 6.45) is -11.7. The maximum absolute atomic E-state index is 12.3. The maximum atomic E-state index is 12.3. The number of rotatable bonds is 4. The fraction of sp³-hybridized carbons (Fsp3) is 0.300. The summed E-state index contributed by atoms with van der Waals surface area (Å²) in [5, 5.41) is 39.3. The van der Waals surface area contributed by atoms with Gasteiger partial charge in [0, 0.05) is 5.69 Å². The first-order chi connectivity index (χ1) is 11.2. The number of carbonyl (C=O) groups excluding carboxylic acids is 1. The van der Waals surface area contributed by atoms with Crippen molar-refractivity contribution in [2.24, 2.45) is 0 Å². The summed E-state index contributed by atoms with van der Waals surface area (Å²) in [7, 11) is 0. The van der Waals surface area contributed by atoms with Crippen molar-refractivity contribution in [3.63, 3.8) is 0 Å². The molecule has 25 heavy (non-hydrogen) atoms. The maximum Gasteiger partial charge on any atom is 0.417 e. The Morgan fingerprint density at radius 1 is 1.08 bits per heavy atom. The van der Waals surface area contributed by atoms with Crippen molar-refractivity contribution in [1.29, 1.82) is 0 Å². The highest BCUT2D eigenvalue weighted by Crippen LogP contribution is 2.34.